The first-order valence-corrected chi connectivity index (χ1v) is 7.19. The van der Waals surface area contributed by atoms with Gasteiger partial charge in [-0.2, -0.15) is 0 Å². The first kappa shape index (κ1) is 14.8. The van der Waals surface area contributed by atoms with Crippen LogP contribution < -0.4 is 10.5 Å². The van der Waals surface area contributed by atoms with Gasteiger partial charge in [-0.1, -0.05) is 30.3 Å². The van der Waals surface area contributed by atoms with Crippen molar-refractivity contribution in [3.63, 3.8) is 0 Å². The van der Waals surface area contributed by atoms with E-state index < -0.39 is 0 Å². The monoisotopic (exact) mass is 333 g/mol. The van der Waals surface area contributed by atoms with Crippen molar-refractivity contribution in [3.8, 4) is 5.75 Å². The van der Waals surface area contributed by atoms with Crippen molar-refractivity contribution in [3.05, 3.63) is 64.1 Å². The fourth-order valence-electron chi connectivity index (χ4n) is 1.80. The zero-order valence-corrected chi connectivity index (χ0v) is 12.6. The van der Waals surface area contributed by atoms with E-state index >= 15 is 0 Å². The summed E-state index contributed by atoms with van der Waals surface area (Å²) in [5, 5.41) is 0. The van der Waals surface area contributed by atoms with E-state index in [-0.39, 0.29) is 5.78 Å². The quantitative estimate of drug-likeness (QED) is 0.822. The van der Waals surface area contributed by atoms with Gasteiger partial charge >= 0.3 is 0 Å². The SMILES string of the molecule is NCCC(=O)c1ccc(OCc2ccccc2)c(Br)c1. The van der Waals surface area contributed by atoms with Gasteiger partial charge in [-0.25, -0.2) is 0 Å². The lowest BCUT2D eigenvalue weighted by Gasteiger charge is -2.09. The molecule has 0 atom stereocenters. The summed E-state index contributed by atoms with van der Waals surface area (Å²) < 4.78 is 6.51. The topological polar surface area (TPSA) is 52.3 Å². The number of carbonyl (C=O) groups is 1. The Morgan fingerprint density at radius 1 is 1.15 bits per heavy atom. The molecule has 0 saturated heterocycles. The summed E-state index contributed by atoms with van der Waals surface area (Å²) in [5.41, 5.74) is 7.14. The van der Waals surface area contributed by atoms with E-state index in [4.69, 9.17) is 10.5 Å². The predicted molar refractivity (Wildman–Crippen MR) is 82.9 cm³/mol. The summed E-state index contributed by atoms with van der Waals surface area (Å²) >= 11 is 3.43. The molecule has 0 aliphatic heterocycles. The highest BCUT2D eigenvalue weighted by Crippen LogP contribution is 2.27. The fourth-order valence-corrected chi connectivity index (χ4v) is 2.30. The highest BCUT2D eigenvalue weighted by atomic mass is 79.9. The minimum Gasteiger partial charge on any atom is -0.488 e. The van der Waals surface area contributed by atoms with Crippen LogP contribution in [0.5, 0.6) is 5.75 Å². The van der Waals surface area contributed by atoms with Crippen molar-refractivity contribution in [1.82, 2.24) is 0 Å². The van der Waals surface area contributed by atoms with Gasteiger partial charge in [0.15, 0.2) is 5.78 Å². The van der Waals surface area contributed by atoms with Crippen molar-refractivity contribution < 1.29 is 9.53 Å². The number of benzene rings is 2. The smallest absolute Gasteiger partial charge is 0.164 e. The molecule has 0 amide bonds. The lowest BCUT2D eigenvalue weighted by Crippen LogP contribution is -2.08. The zero-order chi connectivity index (χ0) is 14.4. The molecule has 0 spiro atoms. The van der Waals surface area contributed by atoms with Gasteiger partial charge in [-0.05, 0) is 46.2 Å². The molecule has 20 heavy (non-hydrogen) atoms. The Bertz CT molecular complexity index is 584. The van der Waals surface area contributed by atoms with E-state index in [2.05, 4.69) is 15.9 Å². The Morgan fingerprint density at radius 3 is 2.55 bits per heavy atom. The molecule has 0 saturated carbocycles. The predicted octanol–water partition coefficient (Wildman–Crippen LogP) is 3.56. The van der Waals surface area contributed by atoms with Crippen LogP contribution in [0.2, 0.25) is 0 Å². The van der Waals surface area contributed by atoms with E-state index in [0.29, 0.717) is 25.1 Å². The molecule has 0 aromatic heterocycles. The van der Waals surface area contributed by atoms with Crippen LogP contribution >= 0.6 is 15.9 Å². The molecule has 2 N–H and O–H groups in total. The summed E-state index contributed by atoms with van der Waals surface area (Å²) in [6.07, 6.45) is 0.358. The van der Waals surface area contributed by atoms with E-state index in [1.54, 1.807) is 18.2 Å². The third-order valence-corrected chi connectivity index (χ3v) is 3.48. The number of ether oxygens (including phenoxy) is 1. The van der Waals surface area contributed by atoms with Crippen molar-refractivity contribution in [2.45, 2.75) is 13.0 Å². The number of rotatable bonds is 6. The Balaban J connectivity index is 2.04. The van der Waals surface area contributed by atoms with Crippen LogP contribution in [0.1, 0.15) is 22.3 Å². The van der Waals surface area contributed by atoms with Gasteiger partial charge in [-0.15, -0.1) is 0 Å². The third kappa shape index (κ3) is 3.92. The summed E-state index contributed by atoms with van der Waals surface area (Å²) in [7, 11) is 0. The summed E-state index contributed by atoms with van der Waals surface area (Å²) in [4.78, 5) is 11.7. The van der Waals surface area contributed by atoms with Crippen LogP contribution in [0.3, 0.4) is 0 Å². The molecule has 0 heterocycles. The molecule has 2 aromatic rings. The van der Waals surface area contributed by atoms with Crippen molar-refractivity contribution >= 4 is 21.7 Å². The lowest BCUT2D eigenvalue weighted by molar-refractivity contribution is 0.0985. The minimum atomic E-state index is 0.0443. The maximum atomic E-state index is 11.7. The number of hydrogen-bond donors (Lipinski definition) is 1. The number of halogens is 1. The number of ketones is 1. The Hall–Kier alpha value is -1.65. The molecule has 4 heteroatoms. The molecule has 2 aromatic carbocycles. The molecular weight excluding hydrogens is 318 g/mol. The van der Waals surface area contributed by atoms with Gasteiger partial charge < -0.3 is 10.5 Å². The molecule has 0 aliphatic carbocycles. The Kier molecular flexibility index (Phi) is 5.32. The van der Waals surface area contributed by atoms with Gasteiger partial charge in [-0.3, -0.25) is 4.79 Å². The van der Waals surface area contributed by atoms with Gasteiger partial charge in [0.1, 0.15) is 12.4 Å². The van der Waals surface area contributed by atoms with E-state index in [1.165, 1.54) is 0 Å². The van der Waals surface area contributed by atoms with Crippen LogP contribution in [-0.4, -0.2) is 12.3 Å². The second-order valence-electron chi connectivity index (χ2n) is 4.38. The summed E-state index contributed by atoms with van der Waals surface area (Å²) in [6.45, 7) is 0.859. The third-order valence-electron chi connectivity index (χ3n) is 2.86. The van der Waals surface area contributed by atoms with Crippen LogP contribution in [0.4, 0.5) is 0 Å². The number of carbonyl (C=O) groups excluding carboxylic acids is 1. The first-order valence-electron chi connectivity index (χ1n) is 6.40. The highest BCUT2D eigenvalue weighted by Gasteiger charge is 2.08. The van der Waals surface area contributed by atoms with Crippen molar-refractivity contribution in [2.75, 3.05) is 6.54 Å². The number of Topliss-reactive ketones (excluding diaryl/α,β-unsaturated/α-hetero) is 1. The number of hydrogen-bond acceptors (Lipinski definition) is 3. The average molecular weight is 334 g/mol. The normalized spacial score (nSPS) is 10.3. The fraction of sp³-hybridized carbons (Fsp3) is 0.188. The molecule has 0 aliphatic rings. The van der Waals surface area contributed by atoms with Crippen molar-refractivity contribution in [2.24, 2.45) is 5.73 Å². The van der Waals surface area contributed by atoms with Crippen LogP contribution in [0.25, 0.3) is 0 Å². The molecule has 0 radical (unpaired) electrons. The van der Waals surface area contributed by atoms with E-state index in [1.807, 2.05) is 30.3 Å². The lowest BCUT2D eigenvalue weighted by atomic mass is 10.1. The first-order chi connectivity index (χ1) is 9.70. The van der Waals surface area contributed by atoms with E-state index in [9.17, 15) is 4.79 Å². The highest BCUT2D eigenvalue weighted by molar-refractivity contribution is 9.10. The van der Waals surface area contributed by atoms with Crippen LogP contribution in [0.15, 0.2) is 53.0 Å². The minimum absolute atomic E-state index is 0.0443. The van der Waals surface area contributed by atoms with Crippen LogP contribution in [0, 0.1) is 0 Å². The molecule has 0 bridgehead atoms. The van der Waals surface area contributed by atoms with E-state index in [0.717, 1.165) is 15.8 Å². The molecule has 3 nitrogen and oxygen atoms in total. The summed E-state index contributed by atoms with van der Waals surface area (Å²) in [6, 6.07) is 15.3. The maximum absolute atomic E-state index is 11.7. The van der Waals surface area contributed by atoms with Gasteiger partial charge in [0.25, 0.3) is 0 Å². The van der Waals surface area contributed by atoms with Gasteiger partial charge in [0, 0.05) is 12.0 Å². The molecular formula is C16H16BrNO2. The maximum Gasteiger partial charge on any atom is 0.164 e. The van der Waals surface area contributed by atoms with Gasteiger partial charge in [0.05, 0.1) is 4.47 Å². The average Bonchev–Trinajstić information content (AvgIpc) is 2.47. The number of nitrogens with two attached hydrogens (primary N) is 1. The Morgan fingerprint density at radius 2 is 1.90 bits per heavy atom. The molecule has 2 rings (SSSR count). The summed E-state index contributed by atoms with van der Waals surface area (Å²) in [5.74, 6) is 0.765. The standard InChI is InChI=1S/C16H16BrNO2/c17-14-10-13(15(19)8-9-18)6-7-16(14)20-11-12-4-2-1-3-5-12/h1-7,10H,8-9,11,18H2. The molecule has 104 valence electrons. The second kappa shape index (κ2) is 7.22. The molecule has 0 fully saturated rings. The Labute approximate surface area is 126 Å². The largest absolute Gasteiger partial charge is 0.488 e. The van der Waals surface area contributed by atoms with Gasteiger partial charge in [0.2, 0.25) is 0 Å². The van der Waals surface area contributed by atoms with Crippen LogP contribution in [-0.2, 0) is 6.61 Å². The zero-order valence-electron chi connectivity index (χ0n) is 11.0. The second-order valence-corrected chi connectivity index (χ2v) is 5.24. The van der Waals surface area contributed by atoms with Crippen molar-refractivity contribution in [1.29, 1.82) is 0 Å². The molecule has 0 unspecified atom stereocenters.